The van der Waals surface area contributed by atoms with Gasteiger partial charge in [-0.05, 0) is 232 Å². The molecule has 0 N–H and O–H groups in total. The van der Waals surface area contributed by atoms with Crippen LogP contribution in [-0.4, -0.2) is 6.71 Å². The van der Waals surface area contributed by atoms with Gasteiger partial charge in [-0.15, -0.1) is 0 Å². The minimum absolute atomic E-state index is 0.00475. The third kappa shape index (κ3) is 7.45. The molecule has 0 saturated heterocycles. The van der Waals surface area contributed by atoms with E-state index in [1.165, 1.54) is 171 Å². The van der Waals surface area contributed by atoms with Crippen LogP contribution in [0.4, 0.5) is 34.1 Å². The van der Waals surface area contributed by atoms with Gasteiger partial charge in [-0.25, -0.2) is 0 Å². The van der Waals surface area contributed by atoms with Crippen LogP contribution in [0.1, 0.15) is 241 Å². The van der Waals surface area contributed by atoms with Crippen LogP contribution in [0.3, 0.4) is 0 Å². The van der Waals surface area contributed by atoms with Crippen LogP contribution in [0.15, 0.2) is 127 Å². The van der Waals surface area contributed by atoms with Crippen molar-refractivity contribution in [1.82, 2.24) is 0 Å². The molecule has 0 fully saturated rings. The summed E-state index contributed by atoms with van der Waals surface area (Å²) in [4.78, 5) is 5.66. The first-order valence-electron chi connectivity index (χ1n) is 33.0. The third-order valence-corrected chi connectivity index (χ3v) is 24.5. The van der Waals surface area contributed by atoms with Gasteiger partial charge in [0.2, 0.25) is 0 Å². The van der Waals surface area contributed by atoms with Crippen LogP contribution < -0.4 is 26.2 Å². The number of fused-ring (bicyclic) bond motifs is 13. The predicted octanol–water partition coefficient (Wildman–Crippen LogP) is 20.4. The maximum Gasteiger partial charge on any atom is 0.252 e. The second-order valence-corrected chi connectivity index (χ2v) is 33.8. The van der Waals surface area contributed by atoms with E-state index in [0.29, 0.717) is 0 Å². The Bertz CT molecular complexity index is 4300. The maximum absolute atomic E-state index is 2.86. The second-order valence-electron chi connectivity index (χ2n) is 33.8. The molecule has 0 spiro atoms. The van der Waals surface area contributed by atoms with Gasteiger partial charge in [-0.1, -0.05) is 216 Å². The Morgan fingerprint density at radius 2 is 0.709 bits per heavy atom. The predicted molar refractivity (Wildman–Crippen MR) is 369 cm³/mol. The van der Waals surface area contributed by atoms with Crippen LogP contribution in [-0.2, 0) is 48.7 Å². The number of anilines is 6. The smallest absolute Gasteiger partial charge is 0.252 e. The van der Waals surface area contributed by atoms with E-state index in [4.69, 9.17) is 0 Å². The van der Waals surface area contributed by atoms with Crippen LogP contribution in [0.5, 0.6) is 0 Å². The van der Waals surface area contributed by atoms with Gasteiger partial charge in [0, 0.05) is 55.9 Å². The molecule has 2 aliphatic heterocycles. The highest BCUT2D eigenvalue weighted by Crippen LogP contribution is 2.61. The maximum atomic E-state index is 2.86. The van der Waals surface area contributed by atoms with Crippen molar-refractivity contribution in [1.29, 1.82) is 0 Å². The van der Waals surface area contributed by atoms with E-state index in [1.54, 1.807) is 5.56 Å². The lowest BCUT2D eigenvalue weighted by Gasteiger charge is -2.49. The largest absolute Gasteiger partial charge is 0.311 e. The molecule has 8 aromatic carbocycles. The Morgan fingerprint density at radius 1 is 0.302 bits per heavy atom. The summed E-state index contributed by atoms with van der Waals surface area (Å²) >= 11 is 0. The highest BCUT2D eigenvalue weighted by atomic mass is 15.2. The fourth-order valence-electron chi connectivity index (χ4n) is 18.5. The van der Waals surface area contributed by atoms with Gasteiger partial charge in [0.05, 0.1) is 0 Å². The van der Waals surface area contributed by atoms with Crippen molar-refractivity contribution in [2.75, 3.05) is 9.80 Å². The summed E-state index contributed by atoms with van der Waals surface area (Å²) in [6.07, 6.45) is 7.04. The van der Waals surface area contributed by atoms with Gasteiger partial charge in [0.25, 0.3) is 6.71 Å². The van der Waals surface area contributed by atoms with E-state index in [1.807, 2.05) is 0 Å². The lowest BCUT2D eigenvalue weighted by Crippen LogP contribution is -2.62. The zero-order valence-electron chi connectivity index (χ0n) is 55.8. The summed E-state index contributed by atoms with van der Waals surface area (Å²) in [7, 11) is 0. The molecule has 15 rings (SSSR count). The average molecular weight is 1130 g/mol. The Morgan fingerprint density at radius 3 is 1.22 bits per heavy atom. The highest BCUT2D eigenvalue weighted by molar-refractivity contribution is 7.00. The minimum atomic E-state index is -0.248. The first-order chi connectivity index (χ1) is 40.2. The number of rotatable bonds is 3. The van der Waals surface area contributed by atoms with Gasteiger partial charge in [0.15, 0.2) is 0 Å². The number of hydrogen-bond acceptors (Lipinski definition) is 2. The van der Waals surface area contributed by atoms with E-state index in [0.717, 1.165) is 12.8 Å². The van der Waals surface area contributed by atoms with Gasteiger partial charge in [-0.3, -0.25) is 0 Å². The van der Waals surface area contributed by atoms with Crippen molar-refractivity contribution in [2.45, 2.75) is 226 Å². The van der Waals surface area contributed by atoms with Crippen LogP contribution in [0.2, 0.25) is 0 Å². The van der Waals surface area contributed by atoms with E-state index in [2.05, 4.69) is 276 Å². The summed E-state index contributed by atoms with van der Waals surface area (Å²) in [5.41, 5.74) is 37.3. The fourth-order valence-corrected chi connectivity index (χ4v) is 18.5. The van der Waals surface area contributed by atoms with Crippen molar-refractivity contribution in [3.63, 3.8) is 0 Å². The van der Waals surface area contributed by atoms with Gasteiger partial charge >= 0.3 is 0 Å². The molecule has 0 amide bonds. The Labute approximate surface area is 517 Å². The molecular formula is C83H93BN2. The molecule has 0 saturated carbocycles. The molecular weight excluding hydrogens is 1040 g/mol. The fraction of sp³-hybridized carbons (Fsp3) is 0.422. The van der Waals surface area contributed by atoms with Crippen molar-refractivity contribution < 1.29 is 0 Å². The van der Waals surface area contributed by atoms with Crippen LogP contribution in [0.25, 0.3) is 22.3 Å². The molecule has 2 nitrogen and oxygen atoms in total. The lowest BCUT2D eigenvalue weighted by atomic mass is 9.32. The normalized spacial score (nSPS) is 21.3. The van der Waals surface area contributed by atoms with Crippen molar-refractivity contribution in [2.24, 2.45) is 0 Å². The minimum Gasteiger partial charge on any atom is -0.311 e. The number of aryl methyl sites for hydroxylation is 2. The van der Waals surface area contributed by atoms with Gasteiger partial charge in [-0.2, -0.15) is 0 Å². The average Bonchev–Trinajstić information content (AvgIpc) is 1.09. The summed E-state index contributed by atoms with van der Waals surface area (Å²) in [6.45, 7) is 49.9. The highest BCUT2D eigenvalue weighted by Gasteiger charge is 2.53. The van der Waals surface area contributed by atoms with Crippen molar-refractivity contribution >= 4 is 57.2 Å². The summed E-state index contributed by atoms with van der Waals surface area (Å²) < 4.78 is 0. The van der Waals surface area contributed by atoms with E-state index < -0.39 is 0 Å². The van der Waals surface area contributed by atoms with E-state index in [9.17, 15) is 0 Å². The SMILES string of the molecule is Cc1cc2c(cc1N1c3cc4c(cc3B3c5ccc6c(c5N(c5cc7c(cc5C)C(C)(C)CCC7(C)C)c5cc(-c7ccccc7)cc1c53)-c1cc3c(cc1C6(C)C)C(C)(C)CCC3(C)C)C(C)(C)c1ccccc1C4(C)C)C(C)(C)CCC2(C)C. The number of nitrogens with zero attached hydrogens (tertiary/aromatic N) is 2. The van der Waals surface area contributed by atoms with E-state index in [-0.39, 0.29) is 55.4 Å². The topological polar surface area (TPSA) is 6.48 Å². The molecule has 0 bridgehead atoms. The monoisotopic (exact) mass is 1130 g/mol. The Hall–Kier alpha value is -6.58. The molecule has 438 valence electrons. The first-order valence-corrected chi connectivity index (χ1v) is 33.0. The molecule has 0 aromatic heterocycles. The van der Waals surface area contributed by atoms with Crippen molar-refractivity contribution in [3.05, 3.63) is 205 Å². The lowest BCUT2D eigenvalue weighted by molar-refractivity contribution is 0.331. The third-order valence-electron chi connectivity index (χ3n) is 24.5. The summed E-state index contributed by atoms with van der Waals surface area (Å²) in [6, 6.07) is 52.7. The molecule has 2 heterocycles. The standard InChI is InChI=1S/C83H93BN2/c1-48-38-57-61(79(11,12)36-32-75(57,3)4)45-67(48)85-69-47-64-63(81(15,16)53-28-24-25-29-54(53)82(64,17)18)44-66(69)84-65-31-30-55-72(52-42-59-60(43-56(52)83(55,19)20)78(9,10)35-34-77(59,7)8)74(65)86(71-41-51(40-70(85)73(71)84)50-26-22-21-23-27-50)68-46-62-58(39-49(68)2)76(5,6)33-37-80(62,13)14/h21-31,38-47H,32-37H2,1-20H3. The summed E-state index contributed by atoms with van der Waals surface area (Å²) in [5, 5.41) is 0. The van der Waals surface area contributed by atoms with Crippen LogP contribution in [0, 0.1) is 13.8 Å². The molecule has 7 aliphatic rings. The molecule has 3 heteroatoms. The van der Waals surface area contributed by atoms with Crippen LogP contribution >= 0.6 is 0 Å². The quantitative estimate of drug-likeness (QED) is 0.163. The molecule has 0 atom stereocenters. The van der Waals surface area contributed by atoms with Gasteiger partial charge < -0.3 is 9.80 Å². The second kappa shape index (κ2) is 17.4. The molecule has 8 aromatic rings. The Kier molecular flexibility index (Phi) is 11.3. The number of hydrogen-bond donors (Lipinski definition) is 0. The Balaban J connectivity index is 1.13. The molecule has 5 aliphatic carbocycles. The van der Waals surface area contributed by atoms with Gasteiger partial charge in [0.1, 0.15) is 0 Å². The molecule has 86 heavy (non-hydrogen) atoms. The van der Waals surface area contributed by atoms with E-state index >= 15 is 0 Å². The van der Waals surface area contributed by atoms with Crippen molar-refractivity contribution in [3.8, 4) is 22.3 Å². The zero-order valence-corrected chi connectivity index (χ0v) is 55.8. The zero-order chi connectivity index (χ0) is 60.9. The molecule has 0 unspecified atom stereocenters. The number of benzene rings is 8. The first kappa shape index (κ1) is 56.0. The summed E-state index contributed by atoms with van der Waals surface area (Å²) in [5.74, 6) is 0. The molecule has 0 radical (unpaired) electrons.